The first-order valence-corrected chi connectivity index (χ1v) is 10.6. The molecule has 3 aromatic rings. The number of anilines is 3. The number of nitrogens with one attached hydrogen (secondary N) is 3. The fraction of sp³-hybridized carbons (Fsp3) is 0.333. The zero-order chi connectivity index (χ0) is 23.8. The minimum Gasteiger partial charge on any atom is -0.369 e. The van der Waals surface area contributed by atoms with Crippen molar-refractivity contribution in [2.24, 2.45) is 0 Å². The first-order chi connectivity index (χ1) is 15.7. The van der Waals surface area contributed by atoms with Crippen molar-refractivity contribution in [1.82, 2.24) is 20.0 Å². The molecule has 0 saturated heterocycles. The number of amides is 2. The molecular weight excluding hydrogens is 418 g/mol. The zero-order valence-corrected chi connectivity index (χ0v) is 19.6. The summed E-state index contributed by atoms with van der Waals surface area (Å²) in [5.74, 6) is 8.19. The lowest BCUT2D eigenvalue weighted by atomic mass is 9.93. The van der Waals surface area contributed by atoms with Crippen LogP contribution in [-0.2, 0) is 5.41 Å². The largest absolute Gasteiger partial charge is 0.369 e. The molecule has 0 fully saturated rings. The monoisotopic (exact) mass is 447 g/mol. The fourth-order valence-electron chi connectivity index (χ4n) is 2.69. The van der Waals surface area contributed by atoms with Crippen LogP contribution in [0, 0.1) is 11.8 Å². The number of nitrogens with zero attached hydrogens (tertiary/aromatic N) is 4. The summed E-state index contributed by atoms with van der Waals surface area (Å²) >= 11 is 0. The Morgan fingerprint density at radius 3 is 2.64 bits per heavy atom. The molecule has 172 valence electrons. The summed E-state index contributed by atoms with van der Waals surface area (Å²) in [6.45, 7) is 7.69. The highest BCUT2D eigenvalue weighted by molar-refractivity contribution is 5.99. The summed E-state index contributed by atoms with van der Waals surface area (Å²) in [4.78, 5) is 23.0. The van der Waals surface area contributed by atoms with Gasteiger partial charge in [0.25, 0.3) is 0 Å². The molecule has 2 amide bonds. The topological polar surface area (TPSA) is 108 Å². The van der Waals surface area contributed by atoms with E-state index < -0.39 is 6.03 Å². The van der Waals surface area contributed by atoms with Crippen molar-refractivity contribution in [2.75, 3.05) is 43.1 Å². The van der Waals surface area contributed by atoms with Gasteiger partial charge in [-0.25, -0.2) is 14.8 Å². The molecule has 0 bridgehead atoms. The Kier molecular flexibility index (Phi) is 7.64. The molecule has 3 rings (SSSR count). The second kappa shape index (κ2) is 10.6. The average molecular weight is 448 g/mol. The van der Waals surface area contributed by atoms with Gasteiger partial charge < -0.3 is 20.1 Å². The van der Waals surface area contributed by atoms with E-state index in [1.54, 1.807) is 24.4 Å². The number of rotatable bonds is 6. The molecule has 2 heterocycles. The predicted octanol–water partition coefficient (Wildman–Crippen LogP) is 3.78. The Hall–Kier alpha value is -3.90. The van der Waals surface area contributed by atoms with Crippen LogP contribution in [0.25, 0.3) is 0 Å². The summed E-state index contributed by atoms with van der Waals surface area (Å²) in [6, 6.07) is 10.3. The number of carbonyl (C=O) groups excluding carboxylic acids is 1. The number of carbonyl (C=O) groups is 1. The van der Waals surface area contributed by atoms with Gasteiger partial charge in [0, 0.05) is 42.0 Å². The van der Waals surface area contributed by atoms with Gasteiger partial charge in [0.2, 0.25) is 5.82 Å². The smallest absolute Gasteiger partial charge is 0.324 e. The average Bonchev–Trinajstić information content (AvgIpc) is 3.21. The van der Waals surface area contributed by atoms with Gasteiger partial charge in [-0.15, -0.1) is 0 Å². The minimum absolute atomic E-state index is 0.193. The van der Waals surface area contributed by atoms with Crippen molar-refractivity contribution in [2.45, 2.75) is 26.2 Å². The van der Waals surface area contributed by atoms with E-state index in [0.717, 1.165) is 24.5 Å². The molecule has 3 N–H and O–H groups in total. The van der Waals surface area contributed by atoms with Gasteiger partial charge in [0.1, 0.15) is 11.6 Å². The molecule has 2 aromatic heterocycles. The van der Waals surface area contributed by atoms with Gasteiger partial charge >= 0.3 is 6.03 Å². The van der Waals surface area contributed by atoms with Gasteiger partial charge in [0.15, 0.2) is 5.82 Å². The van der Waals surface area contributed by atoms with E-state index in [9.17, 15) is 4.79 Å². The molecule has 0 aliphatic rings. The molecule has 33 heavy (non-hydrogen) atoms. The van der Waals surface area contributed by atoms with Crippen molar-refractivity contribution < 1.29 is 9.32 Å². The molecule has 9 heteroatoms. The Morgan fingerprint density at radius 1 is 1.09 bits per heavy atom. The van der Waals surface area contributed by atoms with Crippen LogP contribution in [0.15, 0.2) is 47.1 Å². The van der Waals surface area contributed by atoms with Crippen molar-refractivity contribution in [3.63, 3.8) is 0 Å². The Labute approximate surface area is 194 Å². The fourth-order valence-corrected chi connectivity index (χ4v) is 2.69. The van der Waals surface area contributed by atoms with Gasteiger partial charge in [-0.05, 0) is 44.3 Å². The van der Waals surface area contributed by atoms with Crippen molar-refractivity contribution in [3.8, 4) is 11.8 Å². The lowest BCUT2D eigenvalue weighted by Gasteiger charge is -2.12. The van der Waals surface area contributed by atoms with E-state index >= 15 is 0 Å². The van der Waals surface area contributed by atoms with E-state index in [0.29, 0.717) is 23.1 Å². The molecule has 0 radical (unpaired) electrons. The first-order valence-electron chi connectivity index (χ1n) is 10.6. The van der Waals surface area contributed by atoms with E-state index in [1.165, 1.54) is 0 Å². The Morgan fingerprint density at radius 2 is 1.91 bits per heavy atom. The van der Waals surface area contributed by atoms with Crippen molar-refractivity contribution in [3.05, 3.63) is 59.7 Å². The van der Waals surface area contributed by atoms with Crippen LogP contribution in [0.1, 0.15) is 37.9 Å². The zero-order valence-electron chi connectivity index (χ0n) is 19.6. The molecular formula is C24H29N7O2. The maximum Gasteiger partial charge on any atom is 0.324 e. The highest BCUT2D eigenvalue weighted by Crippen LogP contribution is 2.24. The first kappa shape index (κ1) is 23.8. The minimum atomic E-state index is -0.422. The lowest BCUT2D eigenvalue weighted by molar-refractivity contribution is 0.262. The number of hydrogen-bond acceptors (Lipinski definition) is 7. The van der Waals surface area contributed by atoms with E-state index in [2.05, 4.69) is 47.8 Å². The normalized spacial score (nSPS) is 11.0. The van der Waals surface area contributed by atoms with Gasteiger partial charge in [0.05, 0.1) is 0 Å². The van der Waals surface area contributed by atoms with E-state index in [4.69, 9.17) is 4.52 Å². The van der Waals surface area contributed by atoms with Gasteiger partial charge in [-0.3, -0.25) is 5.32 Å². The van der Waals surface area contributed by atoms with Crippen LogP contribution in [0.2, 0.25) is 0 Å². The summed E-state index contributed by atoms with van der Waals surface area (Å²) in [5.41, 5.74) is 1.12. The third kappa shape index (κ3) is 7.63. The molecule has 1 aromatic carbocycles. The van der Waals surface area contributed by atoms with Crippen molar-refractivity contribution in [1.29, 1.82) is 0 Å². The second-order valence-corrected chi connectivity index (χ2v) is 8.73. The van der Waals surface area contributed by atoms with Gasteiger partial charge in [-0.2, -0.15) is 0 Å². The summed E-state index contributed by atoms with van der Waals surface area (Å²) in [6.07, 6.45) is 1.67. The highest BCUT2D eigenvalue weighted by atomic mass is 16.5. The molecule has 0 aliphatic heterocycles. The van der Waals surface area contributed by atoms with Crippen LogP contribution in [0.5, 0.6) is 0 Å². The Balaban J connectivity index is 1.61. The number of benzene rings is 1. The van der Waals surface area contributed by atoms with Crippen LogP contribution >= 0.6 is 0 Å². The second-order valence-electron chi connectivity index (χ2n) is 8.73. The number of hydrogen-bond donors (Lipinski definition) is 3. The molecule has 0 unspecified atom stereocenters. The highest BCUT2D eigenvalue weighted by Gasteiger charge is 2.20. The third-order valence-electron chi connectivity index (χ3n) is 4.45. The van der Waals surface area contributed by atoms with Crippen LogP contribution < -0.4 is 16.0 Å². The maximum absolute atomic E-state index is 12.3. The summed E-state index contributed by atoms with van der Waals surface area (Å²) < 4.78 is 5.28. The standard InChI is InChI=1S/C24H29N7O2/c1-24(2,3)19-16-22(30-33-19)29-23(32)27-18-8-6-7-17(15-18)9-10-20-25-12-11-21(28-20)26-13-14-31(4)5/h6-8,11-12,15-16H,13-14H2,1-5H3,(H,25,26,28)(H2,27,29,30,32). The quantitative estimate of drug-likeness (QED) is 0.494. The van der Waals surface area contributed by atoms with E-state index in [1.807, 2.05) is 53.1 Å². The summed E-state index contributed by atoms with van der Waals surface area (Å²) in [7, 11) is 4.03. The molecule has 9 nitrogen and oxygen atoms in total. The van der Waals surface area contributed by atoms with Crippen LogP contribution in [-0.4, -0.2) is 53.2 Å². The molecule has 0 spiro atoms. The SMILES string of the molecule is CN(C)CCNc1ccnc(C#Cc2cccc(NC(=O)Nc3cc(C(C)(C)C)on3)c2)n1. The van der Waals surface area contributed by atoms with Gasteiger partial charge in [-0.1, -0.05) is 37.9 Å². The molecule has 0 atom stereocenters. The number of urea groups is 1. The third-order valence-corrected chi connectivity index (χ3v) is 4.45. The van der Waals surface area contributed by atoms with Crippen molar-refractivity contribution >= 4 is 23.4 Å². The summed E-state index contributed by atoms with van der Waals surface area (Å²) in [5, 5.41) is 12.6. The van der Waals surface area contributed by atoms with Crippen LogP contribution in [0.3, 0.4) is 0 Å². The Bertz CT molecular complexity index is 1150. The lowest BCUT2D eigenvalue weighted by Crippen LogP contribution is -2.21. The number of aromatic nitrogens is 3. The van der Waals surface area contributed by atoms with Crippen LogP contribution in [0.4, 0.5) is 22.1 Å². The predicted molar refractivity (Wildman–Crippen MR) is 129 cm³/mol. The number of likely N-dealkylation sites (N-methyl/N-ethyl adjacent to an activating group) is 1. The molecule has 0 aliphatic carbocycles. The molecule has 0 saturated carbocycles. The van der Waals surface area contributed by atoms with E-state index in [-0.39, 0.29) is 5.41 Å². The maximum atomic E-state index is 12.3.